The van der Waals surface area contributed by atoms with Gasteiger partial charge in [0, 0.05) is 13.1 Å². The Morgan fingerprint density at radius 3 is 2.62 bits per heavy atom. The molecule has 1 aliphatic heterocycles. The highest BCUT2D eigenvalue weighted by Gasteiger charge is 2.34. The molecule has 1 saturated heterocycles. The fourth-order valence-corrected chi connectivity index (χ4v) is 2.25. The molecule has 0 radical (unpaired) electrons. The van der Waals surface area contributed by atoms with Gasteiger partial charge in [0.25, 0.3) is 0 Å². The van der Waals surface area contributed by atoms with Crippen molar-refractivity contribution in [3.05, 3.63) is 28.1 Å². The van der Waals surface area contributed by atoms with Gasteiger partial charge in [-0.15, -0.1) is 0 Å². The Morgan fingerprint density at radius 1 is 1.38 bits per heavy atom. The van der Waals surface area contributed by atoms with Crippen LogP contribution in [0.15, 0.2) is 12.3 Å². The Hall–Kier alpha value is -1.90. The second kappa shape index (κ2) is 6.25. The molecule has 9 heteroatoms. The number of halogens is 3. The summed E-state index contributed by atoms with van der Waals surface area (Å²) in [5.74, 6) is 0. The van der Waals surface area contributed by atoms with Crippen LogP contribution in [0.2, 0.25) is 0 Å². The van der Waals surface area contributed by atoms with Crippen molar-refractivity contribution in [2.75, 3.05) is 31.5 Å². The molecule has 1 aliphatic rings. The molecule has 0 bridgehead atoms. The molecule has 1 aromatic heterocycles. The van der Waals surface area contributed by atoms with Gasteiger partial charge in [-0.3, -0.25) is 10.1 Å². The number of nitrogens with zero attached hydrogens (tertiary/aromatic N) is 3. The van der Waals surface area contributed by atoms with Gasteiger partial charge in [0.2, 0.25) is 0 Å². The lowest BCUT2D eigenvalue weighted by Crippen LogP contribution is -2.26. The molecule has 2 rings (SSSR count). The van der Waals surface area contributed by atoms with Crippen LogP contribution >= 0.6 is 0 Å². The van der Waals surface area contributed by atoms with Crippen molar-refractivity contribution in [2.45, 2.75) is 19.0 Å². The second-order valence-corrected chi connectivity index (χ2v) is 4.82. The van der Waals surface area contributed by atoms with Crippen molar-refractivity contribution >= 4 is 11.4 Å². The summed E-state index contributed by atoms with van der Waals surface area (Å²) in [6.07, 6.45) is -1.78. The van der Waals surface area contributed by atoms with E-state index in [0.717, 1.165) is 25.9 Å². The predicted molar refractivity (Wildman–Crippen MR) is 70.1 cm³/mol. The molecular weight excluding hydrogens is 289 g/mol. The molecule has 0 amide bonds. The number of hydrogen-bond donors (Lipinski definition) is 1. The average molecular weight is 304 g/mol. The Kier molecular flexibility index (Phi) is 4.61. The largest absolute Gasteiger partial charge is 0.433 e. The highest BCUT2D eigenvalue weighted by molar-refractivity contribution is 5.61. The van der Waals surface area contributed by atoms with Crippen molar-refractivity contribution in [1.29, 1.82) is 0 Å². The first-order chi connectivity index (χ1) is 9.88. The van der Waals surface area contributed by atoms with E-state index in [4.69, 9.17) is 0 Å². The van der Waals surface area contributed by atoms with Crippen molar-refractivity contribution in [1.82, 2.24) is 9.88 Å². The fraction of sp³-hybridized carbons (Fsp3) is 0.583. The second-order valence-electron chi connectivity index (χ2n) is 4.82. The van der Waals surface area contributed by atoms with Crippen LogP contribution in [0, 0.1) is 10.1 Å². The number of aromatic nitrogens is 1. The van der Waals surface area contributed by atoms with Gasteiger partial charge in [-0.2, -0.15) is 13.2 Å². The van der Waals surface area contributed by atoms with Gasteiger partial charge in [0.1, 0.15) is 17.6 Å². The molecule has 0 aromatic carbocycles. The Bertz CT molecular complexity index is 516. The van der Waals surface area contributed by atoms with Crippen molar-refractivity contribution in [3.63, 3.8) is 0 Å². The number of alkyl halides is 3. The number of hydrogen-bond acceptors (Lipinski definition) is 5. The molecular formula is C12H15F3N4O2. The van der Waals surface area contributed by atoms with Gasteiger partial charge in [0.15, 0.2) is 0 Å². The maximum Gasteiger partial charge on any atom is 0.433 e. The Labute approximate surface area is 119 Å². The number of anilines is 1. The minimum absolute atomic E-state index is 0.151. The zero-order chi connectivity index (χ0) is 15.5. The molecule has 1 fully saturated rings. The van der Waals surface area contributed by atoms with Crippen LogP contribution in [0.4, 0.5) is 24.5 Å². The summed E-state index contributed by atoms with van der Waals surface area (Å²) >= 11 is 0. The van der Waals surface area contributed by atoms with Crippen LogP contribution < -0.4 is 5.32 Å². The van der Waals surface area contributed by atoms with E-state index in [1.807, 2.05) is 0 Å². The fourth-order valence-electron chi connectivity index (χ4n) is 2.25. The van der Waals surface area contributed by atoms with Gasteiger partial charge >= 0.3 is 11.9 Å². The van der Waals surface area contributed by atoms with Gasteiger partial charge in [0.05, 0.1) is 4.92 Å². The van der Waals surface area contributed by atoms with Crippen molar-refractivity contribution in [3.8, 4) is 0 Å². The number of nitro groups is 1. The molecule has 2 heterocycles. The van der Waals surface area contributed by atoms with Gasteiger partial charge in [-0.1, -0.05) is 0 Å². The molecule has 116 valence electrons. The van der Waals surface area contributed by atoms with Crippen LogP contribution in [-0.4, -0.2) is 41.0 Å². The van der Waals surface area contributed by atoms with Crippen LogP contribution in [0.3, 0.4) is 0 Å². The third-order valence-corrected chi connectivity index (χ3v) is 3.31. The molecule has 0 spiro atoms. The predicted octanol–water partition coefficient (Wildman–Crippen LogP) is 2.52. The lowest BCUT2D eigenvalue weighted by atomic mass is 10.2. The lowest BCUT2D eigenvalue weighted by Gasteiger charge is -2.15. The summed E-state index contributed by atoms with van der Waals surface area (Å²) in [6, 6.07) is 0.683. The minimum atomic E-state index is -4.62. The third-order valence-electron chi connectivity index (χ3n) is 3.31. The summed E-state index contributed by atoms with van der Waals surface area (Å²) < 4.78 is 37.8. The summed E-state index contributed by atoms with van der Waals surface area (Å²) in [4.78, 5) is 15.3. The van der Waals surface area contributed by atoms with Gasteiger partial charge in [-0.05, 0) is 32.0 Å². The third kappa shape index (κ3) is 4.03. The van der Waals surface area contributed by atoms with Gasteiger partial charge < -0.3 is 10.2 Å². The molecule has 0 unspecified atom stereocenters. The van der Waals surface area contributed by atoms with E-state index < -0.39 is 22.5 Å². The average Bonchev–Trinajstić information content (AvgIpc) is 2.90. The van der Waals surface area contributed by atoms with Crippen molar-refractivity contribution < 1.29 is 18.1 Å². The molecule has 1 aromatic rings. The highest BCUT2D eigenvalue weighted by Crippen LogP contribution is 2.32. The van der Waals surface area contributed by atoms with E-state index in [1.54, 1.807) is 0 Å². The quantitative estimate of drug-likeness (QED) is 0.668. The zero-order valence-electron chi connectivity index (χ0n) is 11.2. The maximum absolute atomic E-state index is 12.6. The van der Waals surface area contributed by atoms with E-state index in [1.165, 1.54) is 0 Å². The normalized spacial score (nSPS) is 16.1. The van der Waals surface area contributed by atoms with Crippen molar-refractivity contribution in [2.24, 2.45) is 0 Å². The Balaban J connectivity index is 2.08. The SMILES string of the molecule is O=[N+]([O-])c1cnc(C(F)(F)F)cc1NCCN1CCCC1. The number of rotatable bonds is 5. The molecule has 0 saturated carbocycles. The summed E-state index contributed by atoms with van der Waals surface area (Å²) in [5, 5.41) is 13.5. The Morgan fingerprint density at radius 2 is 2.05 bits per heavy atom. The smallest absolute Gasteiger partial charge is 0.378 e. The standard InChI is InChI=1S/C12H15F3N4O2/c13-12(14,15)11-7-9(10(8-17-11)19(20)21)16-3-6-18-4-1-2-5-18/h7-8H,1-6H2,(H,16,17). The topological polar surface area (TPSA) is 71.3 Å². The minimum Gasteiger partial charge on any atom is -0.378 e. The molecule has 1 N–H and O–H groups in total. The number of nitrogens with one attached hydrogen (secondary N) is 1. The number of pyridine rings is 1. The highest BCUT2D eigenvalue weighted by atomic mass is 19.4. The maximum atomic E-state index is 12.6. The zero-order valence-corrected chi connectivity index (χ0v) is 11.2. The summed E-state index contributed by atoms with van der Waals surface area (Å²) in [5.41, 5.74) is -1.75. The van der Waals surface area contributed by atoms with Crippen LogP contribution in [0.1, 0.15) is 18.5 Å². The van der Waals surface area contributed by atoms with E-state index >= 15 is 0 Å². The first-order valence-corrected chi connectivity index (χ1v) is 6.56. The molecule has 0 atom stereocenters. The van der Waals surface area contributed by atoms with E-state index in [-0.39, 0.29) is 5.69 Å². The van der Waals surface area contributed by atoms with Crippen LogP contribution in [0.25, 0.3) is 0 Å². The van der Waals surface area contributed by atoms with E-state index in [0.29, 0.717) is 25.4 Å². The van der Waals surface area contributed by atoms with Crippen LogP contribution in [-0.2, 0) is 6.18 Å². The molecule has 6 nitrogen and oxygen atoms in total. The van der Waals surface area contributed by atoms with Crippen LogP contribution in [0.5, 0.6) is 0 Å². The molecule has 21 heavy (non-hydrogen) atoms. The van der Waals surface area contributed by atoms with E-state index in [9.17, 15) is 23.3 Å². The summed E-state index contributed by atoms with van der Waals surface area (Å²) in [7, 11) is 0. The monoisotopic (exact) mass is 304 g/mol. The van der Waals surface area contributed by atoms with E-state index in [2.05, 4.69) is 15.2 Å². The molecule has 0 aliphatic carbocycles. The first kappa shape index (κ1) is 15.5. The lowest BCUT2D eigenvalue weighted by molar-refractivity contribution is -0.384. The summed E-state index contributed by atoms with van der Waals surface area (Å²) in [6.45, 7) is 2.89. The first-order valence-electron chi connectivity index (χ1n) is 6.56. The number of likely N-dealkylation sites (tertiary alicyclic amines) is 1. The van der Waals surface area contributed by atoms with Gasteiger partial charge in [-0.25, -0.2) is 4.98 Å².